The molecule has 0 bridgehead atoms. The van der Waals surface area contributed by atoms with Gasteiger partial charge in [0.25, 0.3) is 0 Å². The van der Waals surface area contributed by atoms with Gasteiger partial charge in [0, 0.05) is 10.8 Å². The van der Waals surface area contributed by atoms with Crippen LogP contribution in [0.3, 0.4) is 0 Å². The lowest BCUT2D eigenvalue weighted by Gasteiger charge is -2.12. The molecule has 3 N–H and O–H groups in total. The third-order valence-electron chi connectivity index (χ3n) is 3.85. The highest BCUT2D eigenvalue weighted by Crippen LogP contribution is 2.26. The Morgan fingerprint density at radius 3 is 2.70 bits per heavy atom. The average Bonchev–Trinajstić information content (AvgIpc) is 2.99. The highest BCUT2D eigenvalue weighted by molar-refractivity contribution is 5.88. The van der Waals surface area contributed by atoms with Crippen molar-refractivity contribution >= 4 is 33.6 Å². The van der Waals surface area contributed by atoms with Crippen LogP contribution >= 0.6 is 0 Å². The number of hydrogen-bond acceptors (Lipinski definition) is 5. The van der Waals surface area contributed by atoms with Gasteiger partial charge >= 0.3 is 0 Å². The fraction of sp³-hybridized carbons (Fsp3) is 0.111. The Bertz CT molecular complexity index is 960. The molecule has 4 rings (SSSR count). The van der Waals surface area contributed by atoms with E-state index >= 15 is 0 Å². The predicted molar refractivity (Wildman–Crippen MR) is 92.2 cm³/mol. The first-order valence-electron chi connectivity index (χ1n) is 7.48. The number of anilines is 2. The van der Waals surface area contributed by atoms with Crippen molar-refractivity contribution in [1.82, 2.24) is 9.97 Å². The highest BCUT2D eigenvalue weighted by Gasteiger charge is 2.13. The molecule has 23 heavy (non-hydrogen) atoms. The summed E-state index contributed by atoms with van der Waals surface area (Å²) in [7, 11) is 0. The third-order valence-corrected chi connectivity index (χ3v) is 3.85. The van der Waals surface area contributed by atoms with Gasteiger partial charge in [0.2, 0.25) is 5.95 Å². The van der Waals surface area contributed by atoms with E-state index in [9.17, 15) is 0 Å². The van der Waals surface area contributed by atoms with Crippen molar-refractivity contribution in [2.24, 2.45) is 0 Å². The number of furan rings is 1. The maximum absolute atomic E-state index is 6.02. The Labute approximate surface area is 133 Å². The van der Waals surface area contributed by atoms with Crippen molar-refractivity contribution in [3.05, 3.63) is 60.4 Å². The van der Waals surface area contributed by atoms with E-state index in [1.807, 2.05) is 61.5 Å². The lowest BCUT2D eigenvalue weighted by molar-refractivity contribution is 0.525. The number of nitrogens with zero attached hydrogens (tertiary/aromatic N) is 2. The Hall–Kier alpha value is -3.08. The van der Waals surface area contributed by atoms with Crippen LogP contribution in [0.15, 0.2) is 59.0 Å². The van der Waals surface area contributed by atoms with Gasteiger partial charge in [-0.3, -0.25) is 0 Å². The third kappa shape index (κ3) is 2.46. The van der Waals surface area contributed by atoms with E-state index in [4.69, 9.17) is 10.2 Å². The minimum atomic E-state index is -0.0667. The number of benzene rings is 2. The second kappa shape index (κ2) is 5.28. The van der Waals surface area contributed by atoms with E-state index < -0.39 is 0 Å². The van der Waals surface area contributed by atoms with Crippen LogP contribution in [0, 0.1) is 0 Å². The van der Waals surface area contributed by atoms with Gasteiger partial charge in [0.05, 0.1) is 11.6 Å². The molecule has 2 aromatic heterocycles. The van der Waals surface area contributed by atoms with E-state index in [-0.39, 0.29) is 6.04 Å². The van der Waals surface area contributed by atoms with Crippen molar-refractivity contribution in [3.63, 3.8) is 0 Å². The molecule has 0 aliphatic heterocycles. The van der Waals surface area contributed by atoms with Gasteiger partial charge in [0.15, 0.2) is 0 Å². The molecule has 0 radical (unpaired) electrons. The van der Waals surface area contributed by atoms with Crippen LogP contribution in [0.25, 0.3) is 21.9 Å². The SMILES string of the molecule is C[C@@H](Nc1nc(N)c2ccccc2n1)c1cc2ccccc2o1. The minimum Gasteiger partial charge on any atom is -0.459 e. The molecular weight excluding hydrogens is 288 g/mol. The summed E-state index contributed by atoms with van der Waals surface area (Å²) in [6.07, 6.45) is 0. The Morgan fingerprint density at radius 1 is 1.04 bits per heavy atom. The van der Waals surface area contributed by atoms with Crippen molar-refractivity contribution in [2.75, 3.05) is 11.1 Å². The minimum absolute atomic E-state index is 0.0667. The fourth-order valence-corrected chi connectivity index (χ4v) is 2.65. The zero-order valence-electron chi connectivity index (χ0n) is 12.7. The Morgan fingerprint density at radius 2 is 1.83 bits per heavy atom. The van der Waals surface area contributed by atoms with Gasteiger partial charge in [-0.15, -0.1) is 0 Å². The van der Waals surface area contributed by atoms with Crippen molar-refractivity contribution < 1.29 is 4.42 Å². The molecular formula is C18H16N4O. The summed E-state index contributed by atoms with van der Waals surface area (Å²) in [6, 6.07) is 17.6. The molecule has 4 aromatic rings. The molecule has 2 heterocycles. The van der Waals surface area contributed by atoms with E-state index in [0.29, 0.717) is 11.8 Å². The van der Waals surface area contributed by atoms with Gasteiger partial charge in [-0.1, -0.05) is 30.3 Å². The summed E-state index contributed by atoms with van der Waals surface area (Å²) < 4.78 is 5.87. The molecule has 0 aliphatic carbocycles. The van der Waals surface area contributed by atoms with Crippen LogP contribution in [0.1, 0.15) is 18.7 Å². The molecule has 5 heteroatoms. The van der Waals surface area contributed by atoms with Crippen LogP contribution in [0.5, 0.6) is 0 Å². The topological polar surface area (TPSA) is 77.0 Å². The largest absolute Gasteiger partial charge is 0.459 e. The monoisotopic (exact) mass is 304 g/mol. The van der Waals surface area contributed by atoms with E-state index in [0.717, 1.165) is 27.6 Å². The molecule has 0 saturated heterocycles. The van der Waals surface area contributed by atoms with E-state index in [2.05, 4.69) is 15.3 Å². The van der Waals surface area contributed by atoms with Crippen LogP contribution in [-0.4, -0.2) is 9.97 Å². The average molecular weight is 304 g/mol. The van der Waals surface area contributed by atoms with Crippen LogP contribution < -0.4 is 11.1 Å². The molecule has 5 nitrogen and oxygen atoms in total. The van der Waals surface area contributed by atoms with Gasteiger partial charge in [-0.05, 0) is 31.2 Å². The van der Waals surface area contributed by atoms with Crippen LogP contribution in [0.4, 0.5) is 11.8 Å². The molecule has 0 spiro atoms. The second-order valence-corrected chi connectivity index (χ2v) is 5.50. The summed E-state index contributed by atoms with van der Waals surface area (Å²) in [5, 5.41) is 5.19. The smallest absolute Gasteiger partial charge is 0.225 e. The lowest BCUT2D eigenvalue weighted by atomic mass is 10.2. The quantitative estimate of drug-likeness (QED) is 0.595. The first kappa shape index (κ1) is 13.6. The second-order valence-electron chi connectivity index (χ2n) is 5.50. The number of fused-ring (bicyclic) bond motifs is 2. The number of rotatable bonds is 3. The summed E-state index contributed by atoms with van der Waals surface area (Å²) in [4.78, 5) is 8.85. The number of nitrogens with two attached hydrogens (primary N) is 1. The summed E-state index contributed by atoms with van der Waals surface area (Å²) in [5.74, 6) is 1.80. The molecule has 0 unspecified atom stereocenters. The number of aromatic nitrogens is 2. The number of nitrogen functional groups attached to an aromatic ring is 1. The maximum atomic E-state index is 6.02. The molecule has 0 saturated carbocycles. The highest BCUT2D eigenvalue weighted by atomic mass is 16.3. The zero-order valence-corrected chi connectivity index (χ0v) is 12.7. The first-order valence-corrected chi connectivity index (χ1v) is 7.48. The molecule has 0 aliphatic rings. The van der Waals surface area contributed by atoms with Crippen molar-refractivity contribution in [3.8, 4) is 0 Å². The number of nitrogens with one attached hydrogen (secondary N) is 1. The molecule has 1 atom stereocenters. The molecule has 2 aromatic carbocycles. The molecule has 114 valence electrons. The van der Waals surface area contributed by atoms with E-state index in [1.165, 1.54) is 0 Å². The predicted octanol–water partition coefficient (Wildman–Crippen LogP) is 4.13. The Balaban J connectivity index is 1.66. The van der Waals surface area contributed by atoms with Crippen LogP contribution in [0.2, 0.25) is 0 Å². The van der Waals surface area contributed by atoms with Gasteiger partial charge in [-0.25, -0.2) is 4.98 Å². The first-order chi connectivity index (χ1) is 11.2. The molecule has 0 fully saturated rings. The van der Waals surface area contributed by atoms with Gasteiger partial charge in [-0.2, -0.15) is 4.98 Å². The van der Waals surface area contributed by atoms with Crippen LogP contribution in [-0.2, 0) is 0 Å². The van der Waals surface area contributed by atoms with Gasteiger partial charge in [0.1, 0.15) is 17.2 Å². The zero-order chi connectivity index (χ0) is 15.8. The van der Waals surface area contributed by atoms with E-state index in [1.54, 1.807) is 0 Å². The summed E-state index contributed by atoms with van der Waals surface area (Å²) in [6.45, 7) is 2.01. The molecule has 0 amide bonds. The van der Waals surface area contributed by atoms with Gasteiger partial charge < -0.3 is 15.5 Å². The number of para-hydroxylation sites is 2. The Kier molecular flexibility index (Phi) is 3.12. The standard InChI is InChI=1S/C18H16N4O/c1-11(16-10-12-6-2-5-9-15(12)23-16)20-18-21-14-8-4-3-7-13(14)17(19)22-18/h2-11H,1H3,(H3,19,20,21,22)/t11-/m1/s1. The van der Waals surface area contributed by atoms with Crippen molar-refractivity contribution in [2.45, 2.75) is 13.0 Å². The number of hydrogen-bond donors (Lipinski definition) is 2. The normalized spacial score (nSPS) is 12.6. The maximum Gasteiger partial charge on any atom is 0.225 e. The fourth-order valence-electron chi connectivity index (χ4n) is 2.65. The van der Waals surface area contributed by atoms with Crippen molar-refractivity contribution in [1.29, 1.82) is 0 Å². The lowest BCUT2D eigenvalue weighted by Crippen LogP contribution is -2.10. The summed E-state index contributed by atoms with van der Waals surface area (Å²) >= 11 is 0. The summed E-state index contributed by atoms with van der Waals surface area (Å²) in [5.41, 5.74) is 7.71.